The highest BCUT2D eigenvalue weighted by molar-refractivity contribution is 7.12. The van der Waals surface area contributed by atoms with Crippen LogP contribution in [0.4, 0.5) is 0 Å². The number of benzene rings is 1. The van der Waals surface area contributed by atoms with Gasteiger partial charge in [0.05, 0.1) is 7.11 Å². The SMILES string of the molecule is CNCc1cc(COc2cccc(OC)c2)c(C)s1. The zero-order chi connectivity index (χ0) is 13.7. The monoisotopic (exact) mass is 277 g/mol. The van der Waals surface area contributed by atoms with Crippen LogP contribution in [0.5, 0.6) is 11.5 Å². The van der Waals surface area contributed by atoms with Crippen LogP contribution < -0.4 is 14.8 Å². The summed E-state index contributed by atoms with van der Waals surface area (Å²) >= 11 is 1.81. The Labute approximate surface area is 118 Å². The maximum absolute atomic E-state index is 5.81. The standard InChI is InChI=1S/C15H19NO2S/c1-11-12(7-15(19-11)9-16-2)10-18-14-6-4-5-13(8-14)17-3/h4-8,16H,9-10H2,1-3H3. The molecule has 0 bridgehead atoms. The summed E-state index contributed by atoms with van der Waals surface area (Å²) in [5.41, 5.74) is 1.25. The van der Waals surface area contributed by atoms with Crippen molar-refractivity contribution in [2.24, 2.45) is 0 Å². The fourth-order valence-electron chi connectivity index (χ4n) is 1.84. The van der Waals surface area contributed by atoms with Crippen LogP contribution in [0, 0.1) is 6.92 Å². The van der Waals surface area contributed by atoms with E-state index in [1.54, 1.807) is 7.11 Å². The van der Waals surface area contributed by atoms with Gasteiger partial charge >= 0.3 is 0 Å². The van der Waals surface area contributed by atoms with Gasteiger partial charge in [-0.1, -0.05) is 6.07 Å². The van der Waals surface area contributed by atoms with E-state index in [0.29, 0.717) is 6.61 Å². The molecule has 19 heavy (non-hydrogen) atoms. The Morgan fingerprint density at radius 3 is 2.74 bits per heavy atom. The second kappa shape index (κ2) is 6.59. The van der Waals surface area contributed by atoms with E-state index in [9.17, 15) is 0 Å². The molecule has 1 N–H and O–H groups in total. The smallest absolute Gasteiger partial charge is 0.123 e. The molecule has 1 aromatic heterocycles. The van der Waals surface area contributed by atoms with Crippen LogP contribution in [0.3, 0.4) is 0 Å². The molecule has 0 aliphatic heterocycles. The quantitative estimate of drug-likeness (QED) is 0.878. The first-order valence-electron chi connectivity index (χ1n) is 6.22. The number of methoxy groups -OCH3 is 1. The Morgan fingerprint density at radius 1 is 1.21 bits per heavy atom. The number of thiophene rings is 1. The van der Waals surface area contributed by atoms with Gasteiger partial charge in [-0.2, -0.15) is 0 Å². The molecule has 0 spiro atoms. The minimum Gasteiger partial charge on any atom is -0.497 e. The van der Waals surface area contributed by atoms with E-state index < -0.39 is 0 Å². The van der Waals surface area contributed by atoms with E-state index in [-0.39, 0.29) is 0 Å². The van der Waals surface area contributed by atoms with Gasteiger partial charge in [-0.15, -0.1) is 11.3 Å². The number of hydrogen-bond donors (Lipinski definition) is 1. The van der Waals surface area contributed by atoms with E-state index in [1.165, 1.54) is 15.3 Å². The van der Waals surface area contributed by atoms with Crippen LogP contribution in [0.25, 0.3) is 0 Å². The molecule has 0 fully saturated rings. The van der Waals surface area contributed by atoms with Gasteiger partial charge in [0.1, 0.15) is 18.1 Å². The van der Waals surface area contributed by atoms with Crippen molar-refractivity contribution in [1.29, 1.82) is 0 Å². The van der Waals surface area contributed by atoms with Crippen LogP contribution in [-0.2, 0) is 13.2 Å². The summed E-state index contributed by atoms with van der Waals surface area (Å²) < 4.78 is 11.0. The maximum Gasteiger partial charge on any atom is 0.123 e. The molecule has 2 aromatic rings. The van der Waals surface area contributed by atoms with Gasteiger partial charge in [0.15, 0.2) is 0 Å². The van der Waals surface area contributed by atoms with Crippen molar-refractivity contribution >= 4 is 11.3 Å². The lowest BCUT2D eigenvalue weighted by Crippen LogP contribution is -2.02. The van der Waals surface area contributed by atoms with E-state index in [2.05, 4.69) is 18.3 Å². The van der Waals surface area contributed by atoms with Crippen molar-refractivity contribution < 1.29 is 9.47 Å². The molecule has 102 valence electrons. The lowest BCUT2D eigenvalue weighted by molar-refractivity contribution is 0.303. The normalized spacial score (nSPS) is 10.5. The summed E-state index contributed by atoms with van der Waals surface area (Å²) in [6, 6.07) is 9.89. The Bertz CT molecular complexity index is 537. The molecule has 0 radical (unpaired) electrons. The maximum atomic E-state index is 5.81. The number of rotatable bonds is 6. The predicted octanol–water partition coefficient (Wildman–Crippen LogP) is 3.36. The summed E-state index contributed by atoms with van der Waals surface area (Å²) in [6.07, 6.45) is 0. The molecule has 1 aromatic carbocycles. The van der Waals surface area contributed by atoms with Crippen LogP contribution in [0.15, 0.2) is 30.3 Å². The van der Waals surface area contributed by atoms with Gasteiger partial charge in [0.25, 0.3) is 0 Å². The molecule has 1 heterocycles. The van der Waals surface area contributed by atoms with Gasteiger partial charge < -0.3 is 14.8 Å². The zero-order valence-electron chi connectivity index (χ0n) is 11.5. The summed E-state index contributed by atoms with van der Waals surface area (Å²) in [4.78, 5) is 2.65. The van der Waals surface area contributed by atoms with Gasteiger partial charge in [-0.05, 0) is 32.2 Å². The molecule has 2 rings (SSSR count). The first-order valence-corrected chi connectivity index (χ1v) is 7.04. The Hall–Kier alpha value is -1.52. The average molecular weight is 277 g/mol. The van der Waals surface area contributed by atoms with Crippen LogP contribution in [-0.4, -0.2) is 14.2 Å². The molecule has 0 amide bonds. The van der Waals surface area contributed by atoms with Gasteiger partial charge in [-0.3, -0.25) is 0 Å². The highest BCUT2D eigenvalue weighted by atomic mass is 32.1. The van der Waals surface area contributed by atoms with Crippen LogP contribution >= 0.6 is 11.3 Å². The first kappa shape index (κ1) is 13.9. The van der Waals surface area contributed by atoms with Crippen LogP contribution in [0.1, 0.15) is 15.3 Å². The van der Waals surface area contributed by atoms with Gasteiger partial charge in [0, 0.05) is 27.9 Å². The highest BCUT2D eigenvalue weighted by Crippen LogP contribution is 2.24. The van der Waals surface area contributed by atoms with Crippen molar-refractivity contribution in [3.8, 4) is 11.5 Å². The molecule has 0 aliphatic carbocycles. The number of aryl methyl sites for hydroxylation is 1. The minimum absolute atomic E-state index is 0.596. The van der Waals surface area contributed by atoms with Gasteiger partial charge in [-0.25, -0.2) is 0 Å². The largest absolute Gasteiger partial charge is 0.497 e. The van der Waals surface area contributed by atoms with Crippen molar-refractivity contribution in [2.75, 3.05) is 14.2 Å². The number of hydrogen-bond acceptors (Lipinski definition) is 4. The molecule has 0 saturated heterocycles. The third-order valence-corrected chi connectivity index (χ3v) is 3.95. The fraction of sp³-hybridized carbons (Fsp3) is 0.333. The van der Waals surface area contributed by atoms with Crippen molar-refractivity contribution in [3.63, 3.8) is 0 Å². The molecule has 4 heteroatoms. The van der Waals surface area contributed by atoms with Crippen molar-refractivity contribution in [2.45, 2.75) is 20.1 Å². The van der Waals surface area contributed by atoms with E-state index in [0.717, 1.165) is 18.0 Å². The Kier molecular flexibility index (Phi) is 4.82. The molecular weight excluding hydrogens is 258 g/mol. The predicted molar refractivity (Wildman–Crippen MR) is 79.1 cm³/mol. The third-order valence-electron chi connectivity index (χ3n) is 2.86. The topological polar surface area (TPSA) is 30.5 Å². The third kappa shape index (κ3) is 3.72. The fourth-order valence-corrected chi connectivity index (χ4v) is 2.90. The molecule has 0 unspecified atom stereocenters. The van der Waals surface area contributed by atoms with Crippen molar-refractivity contribution in [1.82, 2.24) is 5.32 Å². The first-order chi connectivity index (χ1) is 9.22. The summed E-state index contributed by atoms with van der Waals surface area (Å²) in [5, 5.41) is 3.17. The van der Waals surface area contributed by atoms with Gasteiger partial charge in [0.2, 0.25) is 0 Å². The van der Waals surface area contributed by atoms with E-state index in [1.807, 2.05) is 42.6 Å². The highest BCUT2D eigenvalue weighted by Gasteiger charge is 2.06. The molecular formula is C15H19NO2S. The minimum atomic E-state index is 0.596. The second-order valence-corrected chi connectivity index (χ2v) is 5.63. The molecule has 3 nitrogen and oxygen atoms in total. The van der Waals surface area contributed by atoms with E-state index >= 15 is 0 Å². The lowest BCUT2D eigenvalue weighted by Gasteiger charge is -2.07. The number of nitrogens with one attached hydrogen (secondary N) is 1. The van der Waals surface area contributed by atoms with Crippen molar-refractivity contribution in [3.05, 3.63) is 45.6 Å². The van der Waals surface area contributed by atoms with E-state index in [4.69, 9.17) is 9.47 Å². The number of ether oxygens (including phenoxy) is 2. The molecule has 0 saturated carbocycles. The molecule has 0 atom stereocenters. The Morgan fingerprint density at radius 2 is 2.00 bits per heavy atom. The Balaban J connectivity index is 2.01. The zero-order valence-corrected chi connectivity index (χ0v) is 12.3. The lowest BCUT2D eigenvalue weighted by atomic mass is 10.2. The van der Waals surface area contributed by atoms with Crippen LogP contribution in [0.2, 0.25) is 0 Å². The summed E-state index contributed by atoms with van der Waals surface area (Å²) in [7, 11) is 3.62. The average Bonchev–Trinajstić information content (AvgIpc) is 2.77. The summed E-state index contributed by atoms with van der Waals surface area (Å²) in [5.74, 6) is 1.65. The second-order valence-electron chi connectivity index (χ2n) is 4.29. The summed E-state index contributed by atoms with van der Waals surface area (Å²) in [6.45, 7) is 3.64. The molecule has 0 aliphatic rings.